The summed E-state index contributed by atoms with van der Waals surface area (Å²) in [5, 5.41) is 0. The van der Waals surface area contributed by atoms with Gasteiger partial charge in [-0.3, -0.25) is 15.6 Å². The highest BCUT2D eigenvalue weighted by Gasteiger charge is 2.51. The number of hydrogen-bond acceptors (Lipinski definition) is 6. The second-order valence-electron chi connectivity index (χ2n) is 10.1. The summed E-state index contributed by atoms with van der Waals surface area (Å²) >= 11 is 0. The zero-order chi connectivity index (χ0) is 24.6. The Labute approximate surface area is 205 Å². The van der Waals surface area contributed by atoms with E-state index in [9.17, 15) is 4.79 Å². The third kappa shape index (κ3) is 6.60. The number of carbonyl (C=O) groups is 1. The van der Waals surface area contributed by atoms with Gasteiger partial charge in [0.2, 0.25) is 5.91 Å². The summed E-state index contributed by atoms with van der Waals surface area (Å²) in [6.45, 7) is 10.1. The van der Waals surface area contributed by atoms with Gasteiger partial charge >= 0.3 is 0 Å². The molecule has 1 aromatic rings. The number of nitrogens with two attached hydrogens (primary N) is 2. The molecule has 1 aliphatic heterocycles. The van der Waals surface area contributed by atoms with Crippen LogP contribution in [0.3, 0.4) is 0 Å². The fourth-order valence-corrected chi connectivity index (χ4v) is 6.66. The number of rotatable bonds is 6. The fourth-order valence-electron chi connectivity index (χ4n) is 6.66. The molecule has 4 bridgehead atoms. The summed E-state index contributed by atoms with van der Waals surface area (Å²) in [5.74, 6) is 8.06. The Morgan fingerprint density at radius 1 is 1.26 bits per heavy atom. The molecule has 1 atom stereocenters. The smallest absolute Gasteiger partial charge is 0.246 e. The van der Waals surface area contributed by atoms with Crippen LogP contribution < -0.4 is 17.0 Å². The minimum atomic E-state index is 0.0518. The molecule has 7 nitrogen and oxygen atoms in total. The second-order valence-corrected chi connectivity index (χ2v) is 10.1. The van der Waals surface area contributed by atoms with Gasteiger partial charge in [0.25, 0.3) is 0 Å². The van der Waals surface area contributed by atoms with Crippen molar-refractivity contribution in [3.8, 4) is 0 Å². The van der Waals surface area contributed by atoms with Crippen molar-refractivity contribution in [2.45, 2.75) is 64.9 Å². The lowest BCUT2D eigenvalue weighted by molar-refractivity contribution is -0.126. The van der Waals surface area contributed by atoms with Crippen LogP contribution in [-0.4, -0.2) is 41.6 Å². The maximum absolute atomic E-state index is 11.6. The van der Waals surface area contributed by atoms with E-state index in [1.165, 1.54) is 50.8 Å². The Bertz CT molecular complexity index is 790. The zero-order valence-electron chi connectivity index (χ0n) is 20.9. The highest BCUT2D eigenvalue weighted by Crippen LogP contribution is 2.60. The van der Waals surface area contributed by atoms with Crippen LogP contribution in [0.2, 0.25) is 0 Å². The van der Waals surface area contributed by atoms with Gasteiger partial charge in [0.1, 0.15) is 0 Å². The predicted octanol–water partition coefficient (Wildman–Crippen LogP) is 3.83. The number of nitrogens with zero attached hydrogens (tertiary/aromatic N) is 2. The number of pyridine rings is 1. The van der Waals surface area contributed by atoms with Gasteiger partial charge in [-0.2, -0.15) is 0 Å². The quantitative estimate of drug-likeness (QED) is 0.332. The molecule has 188 valence electrons. The van der Waals surface area contributed by atoms with E-state index in [0.29, 0.717) is 11.1 Å². The van der Waals surface area contributed by atoms with E-state index in [1.54, 1.807) is 12.4 Å². The molecule has 34 heavy (non-hydrogen) atoms. The monoisotopic (exact) mass is 469 g/mol. The lowest BCUT2D eigenvalue weighted by Crippen LogP contribution is -2.48. The summed E-state index contributed by atoms with van der Waals surface area (Å²) in [5.41, 5.74) is 9.85. The normalized spacial score (nSPS) is 31.1. The van der Waals surface area contributed by atoms with Crippen molar-refractivity contribution in [2.75, 3.05) is 19.7 Å². The topological polar surface area (TPSA) is 106 Å². The first kappa shape index (κ1) is 26.2. The Morgan fingerprint density at radius 2 is 1.91 bits per heavy atom. The minimum Gasteiger partial charge on any atom is -0.397 e. The average Bonchev–Trinajstić information content (AvgIpc) is 3.33. The van der Waals surface area contributed by atoms with E-state index < -0.39 is 0 Å². The molecule has 7 heteroatoms. The molecule has 5 fully saturated rings. The van der Waals surface area contributed by atoms with Gasteiger partial charge in [0, 0.05) is 37.2 Å². The molecule has 5 aliphatic rings. The van der Waals surface area contributed by atoms with Crippen molar-refractivity contribution < 1.29 is 9.53 Å². The largest absolute Gasteiger partial charge is 0.397 e. The molecule has 1 saturated heterocycles. The highest BCUT2D eigenvalue weighted by molar-refractivity contribution is 5.87. The number of ether oxygens (including phenoxy) is 1. The van der Waals surface area contributed by atoms with Crippen LogP contribution in [-0.2, 0) is 9.53 Å². The van der Waals surface area contributed by atoms with E-state index in [1.807, 2.05) is 30.9 Å². The maximum atomic E-state index is 11.6. The molecular formula is C27H43N5O2. The number of amides is 1. The summed E-state index contributed by atoms with van der Waals surface area (Å²) in [6.07, 6.45) is 16.2. The number of hydrogen-bond donors (Lipinski definition) is 3. The van der Waals surface area contributed by atoms with Gasteiger partial charge in [-0.15, -0.1) is 0 Å². The van der Waals surface area contributed by atoms with Crippen molar-refractivity contribution in [3.05, 3.63) is 48.9 Å². The first-order valence-corrected chi connectivity index (χ1v) is 12.9. The molecule has 5 N–H and O–H groups in total. The summed E-state index contributed by atoms with van der Waals surface area (Å²) in [4.78, 5) is 17.4. The Kier molecular flexibility index (Phi) is 9.54. The van der Waals surface area contributed by atoms with Crippen molar-refractivity contribution in [1.82, 2.24) is 15.3 Å². The molecule has 0 spiro atoms. The molecule has 4 aliphatic carbocycles. The van der Waals surface area contributed by atoms with E-state index in [4.69, 9.17) is 16.3 Å². The fraction of sp³-hybridized carbons (Fsp3) is 0.630. The molecule has 4 saturated carbocycles. The van der Waals surface area contributed by atoms with Crippen LogP contribution in [0.4, 0.5) is 0 Å². The van der Waals surface area contributed by atoms with Crippen molar-refractivity contribution in [1.29, 1.82) is 0 Å². The van der Waals surface area contributed by atoms with Crippen LogP contribution in [0.5, 0.6) is 0 Å². The van der Waals surface area contributed by atoms with Crippen LogP contribution in [0.15, 0.2) is 43.4 Å². The van der Waals surface area contributed by atoms with Crippen LogP contribution in [0.25, 0.3) is 5.70 Å². The van der Waals surface area contributed by atoms with Gasteiger partial charge in [-0.05, 0) is 86.3 Å². The third-order valence-corrected chi connectivity index (χ3v) is 7.66. The first-order valence-electron chi connectivity index (χ1n) is 12.9. The van der Waals surface area contributed by atoms with Gasteiger partial charge < -0.3 is 20.8 Å². The van der Waals surface area contributed by atoms with Gasteiger partial charge in [0.15, 0.2) is 0 Å². The average molecular weight is 470 g/mol. The standard InChI is InChI=1S/C18H27NO2.C7H10N4.C2H6/c1-2-17(20)19-4-3-16(11-19)21-12-18-8-13-5-14(9-18)7-15(6-13)10-18;8-7(5-11-9)6-2-1-3-10-4-6;1-2/h2,13-16H,1,3-12H2;1-5,11H,8-9H2;1-2H3/b;7-5-;. The van der Waals surface area contributed by atoms with Crippen molar-refractivity contribution in [3.63, 3.8) is 0 Å². The Morgan fingerprint density at radius 3 is 2.44 bits per heavy atom. The highest BCUT2D eigenvalue weighted by atomic mass is 16.5. The summed E-state index contributed by atoms with van der Waals surface area (Å²) in [6, 6.07) is 3.67. The van der Waals surface area contributed by atoms with Gasteiger partial charge in [-0.25, -0.2) is 0 Å². The number of aromatic nitrogens is 1. The van der Waals surface area contributed by atoms with Crippen LogP contribution in [0.1, 0.15) is 64.4 Å². The third-order valence-electron chi connectivity index (χ3n) is 7.66. The molecule has 2 heterocycles. The Hall–Kier alpha value is -2.38. The van der Waals surface area contributed by atoms with Gasteiger partial charge in [0.05, 0.1) is 18.4 Å². The number of hydrazine groups is 1. The number of likely N-dealkylation sites (tertiary alicyclic amines) is 1. The molecule has 0 aromatic carbocycles. The molecule has 6 rings (SSSR count). The minimum absolute atomic E-state index is 0.0518. The molecule has 1 unspecified atom stereocenters. The second kappa shape index (κ2) is 12.4. The first-order chi connectivity index (χ1) is 16.5. The molecular weight excluding hydrogens is 426 g/mol. The zero-order valence-corrected chi connectivity index (χ0v) is 20.9. The number of carbonyl (C=O) groups excluding carboxylic acids is 1. The van der Waals surface area contributed by atoms with E-state index in [0.717, 1.165) is 49.4 Å². The predicted molar refractivity (Wildman–Crippen MR) is 137 cm³/mol. The van der Waals surface area contributed by atoms with Crippen molar-refractivity contribution in [2.24, 2.45) is 34.7 Å². The van der Waals surface area contributed by atoms with Gasteiger partial charge in [-0.1, -0.05) is 20.4 Å². The maximum Gasteiger partial charge on any atom is 0.246 e. The number of nitrogens with one attached hydrogen (secondary N) is 1. The van der Waals surface area contributed by atoms with Crippen LogP contribution >= 0.6 is 0 Å². The summed E-state index contributed by atoms with van der Waals surface area (Å²) < 4.78 is 6.28. The lowest BCUT2D eigenvalue weighted by Gasteiger charge is -2.56. The summed E-state index contributed by atoms with van der Waals surface area (Å²) in [7, 11) is 0. The molecule has 0 radical (unpaired) electrons. The molecule has 1 aromatic heterocycles. The van der Waals surface area contributed by atoms with E-state index in [2.05, 4.69) is 17.0 Å². The van der Waals surface area contributed by atoms with Crippen molar-refractivity contribution >= 4 is 11.6 Å². The SMILES string of the molecule is C=CC(=O)N1CCC(OCC23CC4CC(CC(C4)C2)C3)C1.CC.NN/C=C(\N)c1cccnc1. The van der Waals surface area contributed by atoms with Crippen LogP contribution in [0, 0.1) is 23.2 Å². The van der Waals surface area contributed by atoms with E-state index in [-0.39, 0.29) is 12.0 Å². The molecule has 1 amide bonds. The lowest BCUT2D eigenvalue weighted by atomic mass is 9.50. The van der Waals surface area contributed by atoms with E-state index >= 15 is 0 Å². The Balaban J connectivity index is 0.000000212.